The van der Waals surface area contributed by atoms with E-state index in [9.17, 15) is 4.79 Å². The van der Waals surface area contributed by atoms with Gasteiger partial charge in [-0.1, -0.05) is 55.3 Å². The van der Waals surface area contributed by atoms with Gasteiger partial charge in [-0.2, -0.15) is 0 Å². The highest BCUT2D eigenvalue weighted by Crippen LogP contribution is 2.39. The zero-order chi connectivity index (χ0) is 16.1. The number of ether oxygens (including phenoxy) is 2. The first-order chi connectivity index (χ1) is 11.3. The van der Waals surface area contributed by atoms with Crippen LogP contribution in [0.3, 0.4) is 0 Å². The Morgan fingerprint density at radius 3 is 2.61 bits per heavy atom. The van der Waals surface area contributed by atoms with Crippen molar-refractivity contribution >= 4 is 5.97 Å². The van der Waals surface area contributed by atoms with Crippen LogP contribution < -0.4 is 4.74 Å². The average Bonchev–Trinajstić information content (AvgIpc) is 3.42. The molecule has 1 aliphatic carbocycles. The monoisotopic (exact) mass is 310 g/mol. The fourth-order valence-electron chi connectivity index (χ4n) is 2.76. The molecule has 2 aromatic rings. The Hall–Kier alpha value is -2.29. The van der Waals surface area contributed by atoms with E-state index in [4.69, 9.17) is 9.47 Å². The Balaban J connectivity index is 1.70. The van der Waals surface area contributed by atoms with Crippen molar-refractivity contribution in [2.45, 2.75) is 31.8 Å². The largest absolute Gasteiger partial charge is 0.489 e. The predicted octanol–water partition coefficient (Wildman–Crippen LogP) is 4.32. The minimum absolute atomic E-state index is 0.155. The van der Waals surface area contributed by atoms with Gasteiger partial charge in [-0.25, -0.2) is 0 Å². The molecule has 3 rings (SSSR count). The van der Waals surface area contributed by atoms with Crippen LogP contribution in [0.25, 0.3) is 0 Å². The smallest absolute Gasteiger partial charge is 0.313 e. The average molecular weight is 310 g/mol. The van der Waals surface area contributed by atoms with Gasteiger partial charge < -0.3 is 9.47 Å². The van der Waals surface area contributed by atoms with Gasteiger partial charge in [0.2, 0.25) is 0 Å². The molecule has 0 N–H and O–H groups in total. The van der Waals surface area contributed by atoms with E-state index in [1.807, 2.05) is 54.6 Å². The van der Waals surface area contributed by atoms with Crippen molar-refractivity contribution in [1.82, 2.24) is 0 Å². The van der Waals surface area contributed by atoms with E-state index in [1.54, 1.807) is 0 Å². The van der Waals surface area contributed by atoms with Gasteiger partial charge in [-0.05, 0) is 35.6 Å². The maximum absolute atomic E-state index is 12.1. The maximum atomic E-state index is 12.1. The molecule has 2 aromatic carbocycles. The zero-order valence-electron chi connectivity index (χ0n) is 13.4. The van der Waals surface area contributed by atoms with Crippen molar-refractivity contribution in [3.8, 4) is 5.75 Å². The summed E-state index contributed by atoms with van der Waals surface area (Å²) in [6.45, 7) is 0.524. The number of hydrogen-bond donors (Lipinski definition) is 0. The quantitative estimate of drug-likeness (QED) is 0.714. The van der Waals surface area contributed by atoms with Gasteiger partial charge in [-0.3, -0.25) is 4.79 Å². The molecule has 1 fully saturated rings. The highest BCUT2D eigenvalue weighted by atomic mass is 16.5. The summed E-state index contributed by atoms with van der Waals surface area (Å²) in [6.07, 6.45) is 3.31. The molecule has 0 saturated heterocycles. The van der Waals surface area contributed by atoms with Crippen LogP contribution in [0, 0.1) is 5.92 Å². The molecule has 0 aromatic heterocycles. The molecule has 1 aliphatic rings. The van der Waals surface area contributed by atoms with Crippen molar-refractivity contribution < 1.29 is 14.3 Å². The standard InChI is InChI=1S/C20H22O3/c1-22-20(21)19(12-15-10-11-15)17-8-5-9-18(13-17)23-14-16-6-3-2-4-7-16/h2-9,13,15,19H,10-12,14H2,1H3/t19-/m0/s1. The first-order valence-electron chi connectivity index (χ1n) is 8.11. The lowest BCUT2D eigenvalue weighted by Gasteiger charge is -2.16. The molecule has 3 nitrogen and oxygen atoms in total. The molecular weight excluding hydrogens is 288 g/mol. The van der Waals surface area contributed by atoms with Crippen LogP contribution in [0.4, 0.5) is 0 Å². The summed E-state index contributed by atoms with van der Waals surface area (Å²) >= 11 is 0. The van der Waals surface area contributed by atoms with E-state index < -0.39 is 0 Å². The fraction of sp³-hybridized carbons (Fsp3) is 0.350. The summed E-state index contributed by atoms with van der Waals surface area (Å²) in [6, 6.07) is 17.9. The summed E-state index contributed by atoms with van der Waals surface area (Å²) in [5.74, 6) is 1.11. The highest BCUT2D eigenvalue weighted by molar-refractivity contribution is 5.78. The van der Waals surface area contributed by atoms with E-state index in [1.165, 1.54) is 20.0 Å². The number of methoxy groups -OCH3 is 1. The number of carbonyl (C=O) groups excluding carboxylic acids is 1. The van der Waals surface area contributed by atoms with Gasteiger partial charge in [0, 0.05) is 0 Å². The first kappa shape index (κ1) is 15.6. The third-order valence-electron chi connectivity index (χ3n) is 4.26. The molecule has 0 unspecified atom stereocenters. The SMILES string of the molecule is COC(=O)[C@@H](CC1CC1)c1cccc(OCc2ccccc2)c1. The molecule has 1 atom stereocenters. The summed E-state index contributed by atoms with van der Waals surface area (Å²) in [5.41, 5.74) is 2.11. The molecule has 0 bridgehead atoms. The van der Waals surface area contributed by atoms with Crippen molar-refractivity contribution in [3.63, 3.8) is 0 Å². The maximum Gasteiger partial charge on any atom is 0.313 e. The van der Waals surface area contributed by atoms with Crippen LogP contribution in [-0.4, -0.2) is 13.1 Å². The third kappa shape index (κ3) is 4.35. The Morgan fingerprint density at radius 2 is 1.91 bits per heavy atom. The first-order valence-corrected chi connectivity index (χ1v) is 8.11. The minimum Gasteiger partial charge on any atom is -0.489 e. The van der Waals surface area contributed by atoms with E-state index in [0.717, 1.165) is 23.3 Å². The number of hydrogen-bond acceptors (Lipinski definition) is 3. The number of benzene rings is 2. The van der Waals surface area contributed by atoms with Gasteiger partial charge in [-0.15, -0.1) is 0 Å². The van der Waals surface area contributed by atoms with Crippen LogP contribution >= 0.6 is 0 Å². The van der Waals surface area contributed by atoms with E-state index in [2.05, 4.69) is 0 Å². The topological polar surface area (TPSA) is 35.5 Å². The third-order valence-corrected chi connectivity index (χ3v) is 4.26. The molecule has 0 aliphatic heterocycles. The van der Waals surface area contributed by atoms with Crippen LogP contribution in [0.15, 0.2) is 54.6 Å². The summed E-state index contributed by atoms with van der Waals surface area (Å²) in [7, 11) is 1.46. The zero-order valence-corrected chi connectivity index (χ0v) is 13.4. The summed E-state index contributed by atoms with van der Waals surface area (Å²) in [4.78, 5) is 12.1. The molecular formula is C20H22O3. The van der Waals surface area contributed by atoms with Gasteiger partial charge in [0.1, 0.15) is 12.4 Å². The van der Waals surface area contributed by atoms with Crippen molar-refractivity contribution in [2.75, 3.05) is 7.11 Å². The Kier molecular flexibility index (Phi) is 4.96. The molecule has 0 spiro atoms. The van der Waals surface area contributed by atoms with Crippen molar-refractivity contribution in [3.05, 3.63) is 65.7 Å². The van der Waals surface area contributed by atoms with E-state index in [-0.39, 0.29) is 11.9 Å². The van der Waals surface area contributed by atoms with Crippen molar-refractivity contribution in [1.29, 1.82) is 0 Å². The van der Waals surface area contributed by atoms with Crippen LogP contribution in [0.2, 0.25) is 0 Å². The van der Waals surface area contributed by atoms with Crippen molar-refractivity contribution in [2.24, 2.45) is 5.92 Å². The summed E-state index contributed by atoms with van der Waals surface area (Å²) < 4.78 is 10.8. The second-order valence-electron chi connectivity index (χ2n) is 6.10. The predicted molar refractivity (Wildman–Crippen MR) is 89.3 cm³/mol. The lowest BCUT2D eigenvalue weighted by Crippen LogP contribution is -2.15. The summed E-state index contributed by atoms with van der Waals surface area (Å²) in [5, 5.41) is 0. The van der Waals surface area contributed by atoms with Gasteiger partial charge in [0.25, 0.3) is 0 Å². The van der Waals surface area contributed by atoms with Crippen LogP contribution in [-0.2, 0) is 16.1 Å². The molecule has 23 heavy (non-hydrogen) atoms. The number of rotatable bonds is 7. The second-order valence-corrected chi connectivity index (χ2v) is 6.10. The lowest BCUT2D eigenvalue weighted by molar-refractivity contribution is -0.142. The van der Waals surface area contributed by atoms with Crippen LogP contribution in [0.5, 0.6) is 5.75 Å². The second kappa shape index (κ2) is 7.32. The molecule has 3 heteroatoms. The Morgan fingerprint density at radius 1 is 1.13 bits per heavy atom. The molecule has 120 valence electrons. The molecule has 0 heterocycles. The Bertz CT molecular complexity index is 647. The Labute approximate surface area is 137 Å². The molecule has 1 saturated carbocycles. The molecule has 0 amide bonds. The van der Waals surface area contributed by atoms with Gasteiger partial charge in [0.05, 0.1) is 13.0 Å². The highest BCUT2D eigenvalue weighted by Gasteiger charge is 2.31. The van der Waals surface area contributed by atoms with Gasteiger partial charge in [0.15, 0.2) is 0 Å². The number of esters is 1. The molecule has 0 radical (unpaired) electrons. The fourth-order valence-corrected chi connectivity index (χ4v) is 2.76. The number of carbonyl (C=O) groups is 1. The van der Waals surface area contributed by atoms with E-state index in [0.29, 0.717) is 12.5 Å². The van der Waals surface area contributed by atoms with Crippen LogP contribution in [0.1, 0.15) is 36.3 Å². The van der Waals surface area contributed by atoms with Gasteiger partial charge >= 0.3 is 5.97 Å². The minimum atomic E-state index is -0.187. The normalized spacial score (nSPS) is 15.0. The van der Waals surface area contributed by atoms with E-state index >= 15 is 0 Å². The lowest BCUT2D eigenvalue weighted by atomic mass is 9.93.